The van der Waals surface area contributed by atoms with Gasteiger partial charge in [-0.3, -0.25) is 19.4 Å². The highest BCUT2D eigenvalue weighted by Crippen LogP contribution is 2.34. The molecular formula is C54H76N6O8. The zero-order valence-corrected chi connectivity index (χ0v) is 42.2. The Kier molecular flexibility index (Phi) is 20.2. The van der Waals surface area contributed by atoms with E-state index in [9.17, 15) is 19.5 Å². The van der Waals surface area contributed by atoms with Gasteiger partial charge < -0.3 is 34.3 Å². The lowest BCUT2D eigenvalue weighted by Gasteiger charge is -2.38. The number of ether oxygens (including phenoxy) is 4. The van der Waals surface area contributed by atoms with E-state index in [1.165, 1.54) is 20.0 Å². The molecule has 2 fully saturated rings. The van der Waals surface area contributed by atoms with Gasteiger partial charge in [-0.2, -0.15) is 0 Å². The first-order valence-electron chi connectivity index (χ1n) is 24.2. The summed E-state index contributed by atoms with van der Waals surface area (Å²) in [5.74, 6) is 0.541. The van der Waals surface area contributed by atoms with Crippen LogP contribution >= 0.6 is 0 Å². The molecule has 2 atom stereocenters. The fourth-order valence-electron chi connectivity index (χ4n) is 8.88. The summed E-state index contributed by atoms with van der Waals surface area (Å²) in [6.45, 7) is 20.2. The van der Waals surface area contributed by atoms with Crippen LogP contribution in [0.1, 0.15) is 108 Å². The molecule has 14 heteroatoms. The number of pyridine rings is 2. The maximum Gasteiger partial charge on any atom is 0.410 e. The Morgan fingerprint density at radius 3 is 1.79 bits per heavy atom. The molecule has 2 aliphatic heterocycles. The highest BCUT2D eigenvalue weighted by atomic mass is 16.6. The van der Waals surface area contributed by atoms with Crippen molar-refractivity contribution in [2.24, 2.45) is 0 Å². The van der Waals surface area contributed by atoms with Gasteiger partial charge in [0.05, 0.1) is 20.0 Å². The smallest absolute Gasteiger partial charge is 0.410 e. The second kappa shape index (κ2) is 25.7. The number of hydrogen-bond acceptors (Lipinski definition) is 12. The lowest BCUT2D eigenvalue weighted by Crippen LogP contribution is -2.50. The lowest BCUT2D eigenvalue weighted by molar-refractivity contribution is -0.140. The number of carboxylic acids is 1. The number of rotatable bonds is 18. The molecule has 6 rings (SSSR count). The van der Waals surface area contributed by atoms with Crippen molar-refractivity contribution < 1.29 is 38.4 Å². The van der Waals surface area contributed by atoms with Crippen LogP contribution in [0.3, 0.4) is 0 Å². The fourth-order valence-corrected chi connectivity index (χ4v) is 8.88. The first-order chi connectivity index (χ1) is 32.4. The first kappa shape index (κ1) is 53.4. The number of carbonyl (C=O) groups excluding carboxylic acids is 2. The van der Waals surface area contributed by atoms with Gasteiger partial charge in [0, 0.05) is 69.3 Å². The molecule has 4 aromatic rings. The van der Waals surface area contributed by atoms with Crippen molar-refractivity contribution >= 4 is 18.0 Å². The molecule has 4 heterocycles. The van der Waals surface area contributed by atoms with Crippen LogP contribution in [0.25, 0.3) is 22.3 Å². The van der Waals surface area contributed by atoms with Gasteiger partial charge >= 0.3 is 18.0 Å². The number of carbonyl (C=O) groups is 3. The molecule has 0 saturated carbocycles. The normalized spacial score (nSPS) is 16.4. The minimum absolute atomic E-state index is 0.0330. The Morgan fingerprint density at radius 2 is 1.31 bits per heavy atom. The number of aromatic nitrogens is 2. The number of nitrogens with zero attached hydrogens (tertiary/aromatic N) is 5. The van der Waals surface area contributed by atoms with Gasteiger partial charge in [-0.15, -0.1) is 0 Å². The number of likely N-dealkylation sites (N-methyl/N-ethyl adjacent to an activating group) is 2. The van der Waals surface area contributed by atoms with E-state index in [0.29, 0.717) is 56.6 Å². The summed E-state index contributed by atoms with van der Waals surface area (Å²) in [6.07, 6.45) is 7.83. The number of piperidine rings is 2. The largest absolute Gasteiger partial charge is 0.481 e. The van der Waals surface area contributed by atoms with Crippen LogP contribution in [-0.2, 0) is 31.9 Å². The highest BCUT2D eigenvalue weighted by Gasteiger charge is 2.29. The molecule has 370 valence electrons. The molecule has 2 aromatic carbocycles. The fraction of sp³-hybridized carbons (Fsp3) is 0.537. The van der Waals surface area contributed by atoms with Crippen LogP contribution in [0, 0.1) is 0 Å². The third-order valence-corrected chi connectivity index (χ3v) is 12.6. The number of amides is 1. The first-order valence-corrected chi connectivity index (χ1v) is 24.2. The topological polar surface area (TPSA) is 156 Å². The van der Waals surface area contributed by atoms with Crippen LogP contribution in [0.2, 0.25) is 0 Å². The van der Waals surface area contributed by atoms with Crippen molar-refractivity contribution in [3.8, 4) is 34.0 Å². The minimum atomic E-state index is -0.851. The Bertz CT molecular complexity index is 2250. The molecule has 2 unspecified atom stereocenters. The zero-order valence-electron chi connectivity index (χ0n) is 42.2. The van der Waals surface area contributed by atoms with Crippen LogP contribution in [0.4, 0.5) is 4.79 Å². The molecule has 0 spiro atoms. The average molecular weight is 937 g/mol. The van der Waals surface area contributed by atoms with Crippen molar-refractivity contribution in [3.63, 3.8) is 0 Å². The maximum absolute atomic E-state index is 12.5. The van der Waals surface area contributed by atoms with E-state index in [4.69, 9.17) is 18.9 Å². The second-order valence-electron chi connectivity index (χ2n) is 19.5. The van der Waals surface area contributed by atoms with Gasteiger partial charge in [-0.1, -0.05) is 64.1 Å². The Morgan fingerprint density at radius 1 is 0.779 bits per heavy atom. The van der Waals surface area contributed by atoms with E-state index < -0.39 is 11.6 Å². The van der Waals surface area contributed by atoms with Crippen LogP contribution in [-0.4, -0.2) is 139 Å². The third-order valence-electron chi connectivity index (χ3n) is 12.6. The van der Waals surface area contributed by atoms with Crippen LogP contribution in [0.15, 0.2) is 73.1 Å². The van der Waals surface area contributed by atoms with E-state index in [0.717, 1.165) is 77.0 Å². The van der Waals surface area contributed by atoms with E-state index in [2.05, 4.69) is 65.9 Å². The van der Waals surface area contributed by atoms with Crippen molar-refractivity contribution in [2.45, 2.75) is 117 Å². The average Bonchev–Trinajstić information content (AvgIpc) is 3.31. The van der Waals surface area contributed by atoms with Crippen molar-refractivity contribution in [1.29, 1.82) is 0 Å². The van der Waals surface area contributed by atoms with Crippen LogP contribution < -0.4 is 14.8 Å². The Hall–Kier alpha value is -5.57. The molecule has 0 aliphatic carbocycles. The maximum atomic E-state index is 12.5. The molecule has 0 bridgehead atoms. The monoisotopic (exact) mass is 937 g/mol. The third kappa shape index (κ3) is 16.0. The SMILES string of the molecule is CC(C)c1cccc(-c2ccnc(OCCN(C)C3CCCN(C(=O)OC(C)(C)C)C3)c2)c1CC(=O)O.COC(=O)Cc1c(-c2ccnc(OCCN(C)C3CCCNC3)c2)cccc1C(C)C. The highest BCUT2D eigenvalue weighted by molar-refractivity contribution is 5.80. The summed E-state index contributed by atoms with van der Waals surface area (Å²) in [4.78, 5) is 51.3. The van der Waals surface area contributed by atoms with Crippen molar-refractivity contribution in [3.05, 3.63) is 95.3 Å². The summed E-state index contributed by atoms with van der Waals surface area (Å²) >= 11 is 0. The summed E-state index contributed by atoms with van der Waals surface area (Å²) in [5.41, 5.74) is 7.32. The van der Waals surface area contributed by atoms with Gasteiger partial charge in [0.1, 0.15) is 18.8 Å². The Labute approximate surface area is 404 Å². The number of aliphatic carboxylic acids is 1. The minimum Gasteiger partial charge on any atom is -0.481 e. The van der Waals surface area contributed by atoms with Gasteiger partial charge in [0.25, 0.3) is 0 Å². The van der Waals surface area contributed by atoms with Gasteiger partial charge in [0.2, 0.25) is 11.8 Å². The summed E-state index contributed by atoms with van der Waals surface area (Å²) < 4.78 is 22.5. The van der Waals surface area contributed by atoms with Crippen LogP contribution in [0.5, 0.6) is 11.8 Å². The number of likely N-dealkylation sites (tertiary alicyclic amines) is 1. The van der Waals surface area contributed by atoms with E-state index in [1.807, 2.05) is 82.4 Å². The standard InChI is InChI=1S/C29H41N3O5.C25H35N3O3/c1-20(2)23-10-7-11-24(25(23)18-27(33)34)21-12-13-30-26(17-21)36-16-15-31(6)22-9-8-14-32(19-22)28(35)37-29(3,4)5;1-18(2)21-8-5-9-22(23(21)16-25(29)30-4)19-10-12-27-24(15-19)31-14-13-28(3)20-7-6-11-26-17-20/h7,10-13,17,20,22H,8-9,14-16,18-19H2,1-6H3,(H,33,34);5,8-10,12,15,18,20,26H,6-7,11,13-14,16-17H2,1-4H3. The number of methoxy groups -OCH3 is 1. The Balaban J connectivity index is 0.000000258. The summed E-state index contributed by atoms with van der Waals surface area (Å²) in [7, 11) is 5.63. The van der Waals surface area contributed by atoms with Gasteiger partial charge in [-0.25, -0.2) is 14.8 Å². The lowest BCUT2D eigenvalue weighted by atomic mass is 9.89. The number of esters is 1. The molecule has 68 heavy (non-hydrogen) atoms. The molecule has 0 radical (unpaired) electrons. The van der Waals surface area contributed by atoms with E-state index in [-0.39, 0.29) is 36.9 Å². The quantitative estimate of drug-likeness (QED) is 0.0914. The number of carboxylic acid groups (broad SMARTS) is 1. The zero-order chi connectivity index (χ0) is 49.4. The van der Waals surface area contributed by atoms with Gasteiger partial charge in [0.15, 0.2) is 0 Å². The molecule has 2 aromatic heterocycles. The van der Waals surface area contributed by atoms with Crippen molar-refractivity contribution in [1.82, 2.24) is 30.0 Å². The number of hydrogen-bond donors (Lipinski definition) is 2. The number of benzene rings is 2. The molecular weight excluding hydrogens is 861 g/mol. The molecule has 2 saturated heterocycles. The predicted octanol–water partition coefficient (Wildman–Crippen LogP) is 8.86. The molecule has 2 N–H and O–H groups in total. The summed E-state index contributed by atoms with van der Waals surface area (Å²) in [6, 6.07) is 20.6. The van der Waals surface area contributed by atoms with Crippen molar-refractivity contribution in [2.75, 3.05) is 73.7 Å². The number of nitrogens with one attached hydrogen (secondary N) is 1. The second-order valence-corrected chi connectivity index (χ2v) is 19.5. The molecule has 2 aliphatic rings. The van der Waals surface area contributed by atoms with E-state index in [1.54, 1.807) is 17.3 Å². The molecule has 1 amide bonds. The summed E-state index contributed by atoms with van der Waals surface area (Å²) in [5, 5.41) is 13.0. The van der Waals surface area contributed by atoms with Gasteiger partial charge in [-0.05, 0) is 136 Å². The molecule has 14 nitrogen and oxygen atoms in total. The van der Waals surface area contributed by atoms with E-state index >= 15 is 0 Å². The predicted molar refractivity (Wildman–Crippen MR) is 268 cm³/mol.